The van der Waals surface area contributed by atoms with Crippen molar-refractivity contribution in [2.45, 2.75) is 58.2 Å². The van der Waals surface area contributed by atoms with Gasteiger partial charge in [-0.25, -0.2) is 8.42 Å². The lowest BCUT2D eigenvalue weighted by molar-refractivity contribution is -0.141. The zero-order chi connectivity index (χ0) is 30.8. The molecule has 1 heterocycles. The molecule has 1 aliphatic heterocycles. The fourth-order valence-corrected chi connectivity index (χ4v) is 5.92. The topological polar surface area (TPSA) is 105 Å². The fourth-order valence-electron chi connectivity index (χ4n) is 4.97. The highest BCUT2D eigenvalue weighted by atomic mass is 32.2. The van der Waals surface area contributed by atoms with Crippen LogP contribution < -0.4 is 19.1 Å². The van der Waals surface area contributed by atoms with E-state index in [1.54, 1.807) is 23.1 Å². The van der Waals surface area contributed by atoms with Gasteiger partial charge < -0.3 is 19.7 Å². The Morgan fingerprint density at radius 1 is 0.907 bits per heavy atom. The Balaban J connectivity index is 1.56. The zero-order valence-electron chi connectivity index (χ0n) is 25.1. The van der Waals surface area contributed by atoms with E-state index in [1.165, 1.54) is 4.31 Å². The molecular formula is C33H41N3O6S. The first-order chi connectivity index (χ1) is 20.7. The Kier molecular flexibility index (Phi) is 11.1. The second kappa shape index (κ2) is 14.9. The molecule has 3 aromatic carbocycles. The van der Waals surface area contributed by atoms with Crippen LogP contribution in [0.3, 0.4) is 0 Å². The van der Waals surface area contributed by atoms with Crippen LogP contribution >= 0.6 is 0 Å². The van der Waals surface area contributed by atoms with Gasteiger partial charge in [-0.05, 0) is 43.0 Å². The number of fused-ring (bicyclic) bond motifs is 1. The molecule has 9 nitrogen and oxygen atoms in total. The van der Waals surface area contributed by atoms with Gasteiger partial charge in [-0.2, -0.15) is 0 Å². The molecule has 10 heteroatoms. The van der Waals surface area contributed by atoms with E-state index in [2.05, 4.69) is 5.32 Å². The second-order valence-electron chi connectivity index (χ2n) is 10.8. The van der Waals surface area contributed by atoms with E-state index < -0.39 is 16.1 Å². The van der Waals surface area contributed by atoms with Gasteiger partial charge in [0.05, 0.1) is 11.9 Å². The van der Waals surface area contributed by atoms with Crippen LogP contribution in [-0.2, 0) is 32.6 Å². The minimum absolute atomic E-state index is 0.0474. The maximum atomic E-state index is 13.9. The van der Waals surface area contributed by atoms with E-state index in [0.717, 1.165) is 23.8 Å². The van der Waals surface area contributed by atoms with E-state index in [0.29, 0.717) is 36.8 Å². The van der Waals surface area contributed by atoms with Gasteiger partial charge in [0.1, 0.15) is 19.3 Å². The Morgan fingerprint density at radius 2 is 1.53 bits per heavy atom. The number of benzene rings is 3. The number of amides is 2. The van der Waals surface area contributed by atoms with Crippen LogP contribution in [0.5, 0.6) is 11.5 Å². The van der Waals surface area contributed by atoms with E-state index in [1.807, 2.05) is 74.5 Å². The molecule has 1 aliphatic rings. The monoisotopic (exact) mass is 607 g/mol. The van der Waals surface area contributed by atoms with Crippen molar-refractivity contribution in [3.8, 4) is 11.5 Å². The number of nitrogens with one attached hydrogen (secondary N) is 1. The Morgan fingerprint density at radius 3 is 2.16 bits per heavy atom. The average Bonchev–Trinajstić information content (AvgIpc) is 3.01. The number of hydrogen-bond donors (Lipinski definition) is 1. The molecule has 1 N–H and O–H groups in total. The molecule has 0 bridgehead atoms. The van der Waals surface area contributed by atoms with Crippen LogP contribution in [0.15, 0.2) is 78.9 Å². The van der Waals surface area contributed by atoms with Crippen molar-refractivity contribution in [1.82, 2.24) is 10.2 Å². The molecule has 0 saturated heterocycles. The maximum Gasteiger partial charge on any atom is 0.243 e. The predicted octanol–water partition coefficient (Wildman–Crippen LogP) is 4.56. The molecule has 0 aliphatic carbocycles. The third-order valence-corrected chi connectivity index (χ3v) is 8.63. The summed E-state index contributed by atoms with van der Waals surface area (Å²) in [4.78, 5) is 29.2. The molecular weight excluding hydrogens is 566 g/mol. The molecule has 2 amide bonds. The van der Waals surface area contributed by atoms with Gasteiger partial charge in [0.2, 0.25) is 21.8 Å². The molecule has 4 rings (SSSR count). The van der Waals surface area contributed by atoms with Crippen molar-refractivity contribution in [3.63, 3.8) is 0 Å². The number of carbonyl (C=O) groups is 2. The summed E-state index contributed by atoms with van der Waals surface area (Å²) >= 11 is 0. The summed E-state index contributed by atoms with van der Waals surface area (Å²) in [5, 5.41) is 3.07. The number of hydrogen-bond acceptors (Lipinski definition) is 6. The first-order valence-corrected chi connectivity index (χ1v) is 16.6. The van der Waals surface area contributed by atoms with E-state index >= 15 is 0 Å². The first kappa shape index (κ1) is 31.9. The summed E-state index contributed by atoms with van der Waals surface area (Å²) in [7, 11) is -3.65. The quantitative estimate of drug-likeness (QED) is 0.288. The minimum Gasteiger partial charge on any atom is -0.486 e. The molecule has 2 atom stereocenters. The maximum absolute atomic E-state index is 13.9. The van der Waals surface area contributed by atoms with Gasteiger partial charge in [-0.1, -0.05) is 67.6 Å². The first-order valence-electron chi connectivity index (χ1n) is 14.7. The highest BCUT2D eigenvalue weighted by Gasteiger charge is 2.31. The van der Waals surface area contributed by atoms with E-state index in [4.69, 9.17) is 9.47 Å². The van der Waals surface area contributed by atoms with Crippen molar-refractivity contribution in [2.75, 3.05) is 30.3 Å². The van der Waals surface area contributed by atoms with Crippen LogP contribution in [0.4, 0.5) is 5.69 Å². The van der Waals surface area contributed by atoms with Crippen molar-refractivity contribution in [1.29, 1.82) is 0 Å². The number of anilines is 1. The average molecular weight is 608 g/mol. The Labute approximate surface area is 254 Å². The van der Waals surface area contributed by atoms with Crippen LogP contribution in [0.25, 0.3) is 0 Å². The molecule has 0 aromatic heterocycles. The largest absolute Gasteiger partial charge is 0.486 e. The lowest BCUT2D eigenvalue weighted by Gasteiger charge is -2.32. The summed E-state index contributed by atoms with van der Waals surface area (Å²) < 4.78 is 38.1. The summed E-state index contributed by atoms with van der Waals surface area (Å²) in [6, 6.07) is 23.4. The van der Waals surface area contributed by atoms with Crippen molar-refractivity contribution < 1.29 is 27.5 Å². The van der Waals surface area contributed by atoms with Crippen molar-refractivity contribution in [2.24, 2.45) is 0 Å². The number of carbonyl (C=O) groups excluding carboxylic acids is 2. The van der Waals surface area contributed by atoms with Gasteiger partial charge in [0.25, 0.3) is 0 Å². The lowest BCUT2D eigenvalue weighted by Crippen LogP contribution is -2.52. The van der Waals surface area contributed by atoms with Crippen LogP contribution in [-0.4, -0.2) is 63.2 Å². The lowest BCUT2D eigenvalue weighted by atomic mass is 10.0. The Hall–Kier alpha value is -4.05. The van der Waals surface area contributed by atoms with Gasteiger partial charge in [0, 0.05) is 38.0 Å². The smallest absolute Gasteiger partial charge is 0.243 e. The van der Waals surface area contributed by atoms with Crippen LogP contribution in [0.2, 0.25) is 0 Å². The standard InChI is InChI=1S/C33H41N3O6S/c1-4-25(2)34-33(38)29(22-26-12-7-5-8-13-26)35(24-27-14-9-6-10-15-27)32(37)16-11-19-36(43(3,39)40)28-17-18-30-31(23-28)42-21-20-41-30/h5-10,12-15,17-18,23,25,29H,4,11,16,19-22,24H2,1-3H3,(H,34,38)/t25-,29-/m0/s1. The zero-order valence-corrected chi connectivity index (χ0v) is 25.9. The van der Waals surface area contributed by atoms with Gasteiger partial charge in [-0.15, -0.1) is 0 Å². The molecule has 230 valence electrons. The van der Waals surface area contributed by atoms with Crippen molar-refractivity contribution in [3.05, 3.63) is 90.0 Å². The highest BCUT2D eigenvalue weighted by Crippen LogP contribution is 2.34. The number of rotatable bonds is 14. The van der Waals surface area contributed by atoms with E-state index in [-0.39, 0.29) is 43.8 Å². The SMILES string of the molecule is CC[C@H](C)NC(=O)[C@H](Cc1ccccc1)N(Cc1ccccc1)C(=O)CCCN(c1ccc2c(c1)OCCO2)S(C)(=O)=O. The molecule has 0 fully saturated rings. The molecule has 0 radical (unpaired) electrons. The second-order valence-corrected chi connectivity index (χ2v) is 12.7. The van der Waals surface area contributed by atoms with Crippen LogP contribution in [0, 0.1) is 0 Å². The third kappa shape index (κ3) is 8.97. The summed E-state index contributed by atoms with van der Waals surface area (Å²) in [6.07, 6.45) is 2.58. The molecule has 0 saturated carbocycles. The molecule has 0 spiro atoms. The fraction of sp³-hybridized carbons (Fsp3) is 0.394. The van der Waals surface area contributed by atoms with Gasteiger partial charge in [-0.3, -0.25) is 13.9 Å². The number of ether oxygens (including phenoxy) is 2. The summed E-state index contributed by atoms with van der Waals surface area (Å²) in [5.41, 5.74) is 2.29. The minimum atomic E-state index is -3.65. The summed E-state index contributed by atoms with van der Waals surface area (Å²) in [6.45, 7) is 5.10. The predicted molar refractivity (Wildman–Crippen MR) is 168 cm³/mol. The molecule has 3 aromatic rings. The third-order valence-electron chi connectivity index (χ3n) is 7.43. The highest BCUT2D eigenvalue weighted by molar-refractivity contribution is 7.92. The Bertz CT molecular complexity index is 1470. The van der Waals surface area contributed by atoms with E-state index in [9.17, 15) is 18.0 Å². The molecule has 0 unspecified atom stereocenters. The van der Waals surface area contributed by atoms with Crippen LogP contribution in [0.1, 0.15) is 44.2 Å². The van der Waals surface area contributed by atoms with Gasteiger partial charge >= 0.3 is 0 Å². The van der Waals surface area contributed by atoms with Gasteiger partial charge in [0.15, 0.2) is 11.5 Å². The molecule has 43 heavy (non-hydrogen) atoms. The number of sulfonamides is 1. The summed E-state index contributed by atoms with van der Waals surface area (Å²) in [5.74, 6) is 0.616. The van der Waals surface area contributed by atoms with Crippen molar-refractivity contribution >= 4 is 27.5 Å². The normalized spacial score (nSPS) is 13.9. The number of nitrogens with zero attached hydrogens (tertiary/aromatic N) is 2.